The zero-order chi connectivity index (χ0) is 13.2. The van der Waals surface area contributed by atoms with Crippen LogP contribution in [0.4, 0.5) is 0 Å². The first kappa shape index (κ1) is 12.7. The molecular weight excluding hydrogens is 351 g/mol. The molecule has 1 aliphatic heterocycles. The summed E-state index contributed by atoms with van der Waals surface area (Å²) in [5.41, 5.74) is 3.33. The first-order valence-electron chi connectivity index (χ1n) is 6.05. The summed E-state index contributed by atoms with van der Waals surface area (Å²) >= 11 is 2.34. The molecule has 2 aromatic rings. The van der Waals surface area contributed by atoms with E-state index >= 15 is 0 Å². The SMILES string of the molecule is COC1OC(c2ccccc2)=C(I)c2ccccc21. The van der Waals surface area contributed by atoms with Gasteiger partial charge in [-0.1, -0.05) is 54.6 Å². The molecule has 0 bridgehead atoms. The molecule has 0 radical (unpaired) electrons. The van der Waals surface area contributed by atoms with Crippen molar-refractivity contribution in [2.75, 3.05) is 7.11 Å². The minimum Gasteiger partial charge on any atom is -0.459 e. The van der Waals surface area contributed by atoms with Crippen LogP contribution in [-0.4, -0.2) is 7.11 Å². The molecule has 1 aliphatic rings. The molecule has 1 heterocycles. The third-order valence-corrected chi connectivity index (χ3v) is 4.20. The van der Waals surface area contributed by atoms with E-state index in [0.29, 0.717) is 0 Å². The van der Waals surface area contributed by atoms with Crippen molar-refractivity contribution < 1.29 is 9.47 Å². The lowest BCUT2D eigenvalue weighted by atomic mass is 10.0. The average Bonchev–Trinajstić information content (AvgIpc) is 2.49. The van der Waals surface area contributed by atoms with Crippen LogP contribution in [0.25, 0.3) is 9.34 Å². The van der Waals surface area contributed by atoms with Gasteiger partial charge in [-0.2, -0.15) is 0 Å². The Morgan fingerprint density at radius 2 is 1.68 bits per heavy atom. The molecule has 0 aliphatic carbocycles. The molecule has 0 amide bonds. The fraction of sp³-hybridized carbons (Fsp3) is 0.125. The van der Waals surface area contributed by atoms with Crippen molar-refractivity contribution in [1.82, 2.24) is 0 Å². The summed E-state index contributed by atoms with van der Waals surface area (Å²) in [6.07, 6.45) is -0.343. The zero-order valence-electron chi connectivity index (χ0n) is 10.5. The predicted molar refractivity (Wildman–Crippen MR) is 84.6 cm³/mol. The van der Waals surface area contributed by atoms with Gasteiger partial charge in [-0.25, -0.2) is 0 Å². The van der Waals surface area contributed by atoms with E-state index in [1.54, 1.807) is 7.11 Å². The van der Waals surface area contributed by atoms with Gasteiger partial charge in [-0.05, 0) is 22.6 Å². The van der Waals surface area contributed by atoms with E-state index in [1.165, 1.54) is 5.56 Å². The Morgan fingerprint density at radius 1 is 1.00 bits per heavy atom. The Morgan fingerprint density at radius 3 is 2.42 bits per heavy atom. The summed E-state index contributed by atoms with van der Waals surface area (Å²) in [6.45, 7) is 0. The monoisotopic (exact) mass is 364 g/mol. The maximum absolute atomic E-state index is 6.01. The second kappa shape index (κ2) is 5.35. The molecule has 0 aromatic heterocycles. The molecule has 2 nitrogen and oxygen atoms in total. The third-order valence-electron chi connectivity index (χ3n) is 3.13. The minimum absolute atomic E-state index is 0.343. The lowest BCUT2D eigenvalue weighted by molar-refractivity contribution is -0.0766. The van der Waals surface area contributed by atoms with Crippen LogP contribution in [0.15, 0.2) is 54.6 Å². The molecule has 0 N–H and O–H groups in total. The van der Waals surface area contributed by atoms with E-state index in [2.05, 4.69) is 40.8 Å². The first-order valence-corrected chi connectivity index (χ1v) is 7.13. The lowest BCUT2D eigenvalue weighted by Crippen LogP contribution is -2.13. The van der Waals surface area contributed by atoms with Crippen molar-refractivity contribution in [2.24, 2.45) is 0 Å². The number of rotatable bonds is 2. The van der Waals surface area contributed by atoms with E-state index in [1.807, 2.05) is 36.4 Å². The predicted octanol–water partition coefficient (Wildman–Crippen LogP) is 4.62. The van der Waals surface area contributed by atoms with E-state index in [4.69, 9.17) is 9.47 Å². The van der Waals surface area contributed by atoms with Gasteiger partial charge < -0.3 is 9.47 Å². The van der Waals surface area contributed by atoms with Gasteiger partial charge in [0.05, 0.1) is 3.58 Å². The summed E-state index contributed by atoms with van der Waals surface area (Å²) in [4.78, 5) is 0. The Kier molecular flexibility index (Phi) is 3.57. The van der Waals surface area contributed by atoms with Crippen molar-refractivity contribution in [1.29, 1.82) is 0 Å². The maximum Gasteiger partial charge on any atom is 0.227 e. The average molecular weight is 364 g/mol. The van der Waals surface area contributed by atoms with Gasteiger partial charge in [-0.3, -0.25) is 0 Å². The van der Waals surface area contributed by atoms with Crippen LogP contribution >= 0.6 is 22.6 Å². The Balaban J connectivity index is 2.16. The third kappa shape index (κ3) is 2.28. The van der Waals surface area contributed by atoms with Gasteiger partial charge in [0.2, 0.25) is 6.29 Å². The Labute approximate surface area is 126 Å². The van der Waals surface area contributed by atoms with E-state index in [9.17, 15) is 0 Å². The van der Waals surface area contributed by atoms with Crippen LogP contribution in [0.2, 0.25) is 0 Å². The minimum atomic E-state index is -0.343. The Bertz CT molecular complexity index is 620. The van der Waals surface area contributed by atoms with Gasteiger partial charge >= 0.3 is 0 Å². The number of hydrogen-bond donors (Lipinski definition) is 0. The molecule has 0 saturated carbocycles. The van der Waals surface area contributed by atoms with Crippen LogP contribution in [0.3, 0.4) is 0 Å². The van der Waals surface area contributed by atoms with Crippen LogP contribution in [0, 0.1) is 0 Å². The van der Waals surface area contributed by atoms with Crippen molar-refractivity contribution in [3.8, 4) is 0 Å². The van der Waals surface area contributed by atoms with Crippen molar-refractivity contribution in [2.45, 2.75) is 6.29 Å². The second-order valence-electron chi connectivity index (χ2n) is 4.28. The van der Waals surface area contributed by atoms with Crippen LogP contribution in [0.1, 0.15) is 23.0 Å². The molecule has 96 valence electrons. The largest absolute Gasteiger partial charge is 0.459 e. The van der Waals surface area contributed by atoms with Crippen LogP contribution in [-0.2, 0) is 9.47 Å². The fourth-order valence-corrected chi connectivity index (χ4v) is 3.14. The zero-order valence-corrected chi connectivity index (χ0v) is 12.6. The highest BCUT2D eigenvalue weighted by Crippen LogP contribution is 2.43. The number of benzene rings is 2. The lowest BCUT2D eigenvalue weighted by Gasteiger charge is -2.28. The quantitative estimate of drug-likeness (QED) is 0.724. The molecule has 19 heavy (non-hydrogen) atoms. The molecule has 1 atom stereocenters. The van der Waals surface area contributed by atoms with E-state index in [-0.39, 0.29) is 6.29 Å². The van der Waals surface area contributed by atoms with E-state index in [0.717, 1.165) is 20.5 Å². The smallest absolute Gasteiger partial charge is 0.227 e. The van der Waals surface area contributed by atoms with Gasteiger partial charge in [0.25, 0.3) is 0 Å². The van der Waals surface area contributed by atoms with Gasteiger partial charge in [0, 0.05) is 23.8 Å². The Hall–Kier alpha value is -1.33. The summed E-state index contributed by atoms with van der Waals surface area (Å²) in [7, 11) is 1.67. The maximum atomic E-state index is 6.01. The highest BCUT2D eigenvalue weighted by Gasteiger charge is 2.27. The topological polar surface area (TPSA) is 18.5 Å². The molecule has 0 spiro atoms. The number of methoxy groups -OCH3 is 1. The van der Waals surface area contributed by atoms with E-state index < -0.39 is 0 Å². The first-order chi connectivity index (χ1) is 9.31. The summed E-state index contributed by atoms with van der Waals surface area (Å²) in [5.74, 6) is 0.881. The molecular formula is C16H13IO2. The number of ether oxygens (including phenoxy) is 2. The normalized spacial score (nSPS) is 17.9. The highest BCUT2D eigenvalue weighted by molar-refractivity contribution is 14.1. The standard InChI is InChI=1S/C16H13IO2/c1-18-16-13-10-6-5-9-12(13)14(17)15(19-16)11-7-3-2-4-8-11/h2-10,16H,1H3. The summed E-state index contributed by atoms with van der Waals surface area (Å²) in [6, 6.07) is 18.3. The summed E-state index contributed by atoms with van der Waals surface area (Å²) < 4.78 is 12.6. The molecule has 3 rings (SSSR count). The molecule has 0 saturated heterocycles. The van der Waals surface area contributed by atoms with Crippen molar-refractivity contribution in [3.05, 3.63) is 71.3 Å². The van der Waals surface area contributed by atoms with Gasteiger partial charge in [0.15, 0.2) is 0 Å². The second-order valence-corrected chi connectivity index (χ2v) is 5.36. The van der Waals surface area contributed by atoms with Crippen LogP contribution in [0.5, 0.6) is 0 Å². The molecule has 3 heteroatoms. The highest BCUT2D eigenvalue weighted by atomic mass is 127. The molecule has 1 unspecified atom stereocenters. The number of halogens is 1. The van der Waals surface area contributed by atoms with Crippen molar-refractivity contribution >= 4 is 31.9 Å². The van der Waals surface area contributed by atoms with Crippen molar-refractivity contribution in [3.63, 3.8) is 0 Å². The molecule has 0 fully saturated rings. The van der Waals surface area contributed by atoms with Gasteiger partial charge in [-0.15, -0.1) is 0 Å². The fourth-order valence-electron chi connectivity index (χ4n) is 2.21. The van der Waals surface area contributed by atoms with Crippen LogP contribution < -0.4 is 0 Å². The van der Waals surface area contributed by atoms with Gasteiger partial charge in [0.1, 0.15) is 5.76 Å². The molecule has 2 aromatic carbocycles. The number of fused-ring (bicyclic) bond motifs is 1. The number of hydrogen-bond acceptors (Lipinski definition) is 2. The summed E-state index contributed by atoms with van der Waals surface area (Å²) in [5, 5.41) is 0.